The Morgan fingerprint density at radius 2 is 2.07 bits per heavy atom. The molecule has 0 atom stereocenters. The average molecular weight is 393 g/mol. The highest BCUT2D eigenvalue weighted by Crippen LogP contribution is 2.43. The Hall–Kier alpha value is -2.69. The van der Waals surface area contributed by atoms with Crippen LogP contribution < -0.4 is 0 Å². The molecule has 2 aromatic heterocycles. The second-order valence-corrected chi connectivity index (χ2v) is 8.26. The summed E-state index contributed by atoms with van der Waals surface area (Å²) in [7, 11) is 0. The SMILES string of the molecule is N#Cc1c(-c2cccs2)cc(C2CC2)nc1SCc1ccc([N+](=O)[O-])cc1. The average Bonchev–Trinajstić information content (AvgIpc) is 3.40. The number of pyridine rings is 1. The van der Waals surface area contributed by atoms with Crippen LogP contribution in [0.25, 0.3) is 10.4 Å². The van der Waals surface area contributed by atoms with Gasteiger partial charge in [0.1, 0.15) is 11.1 Å². The molecule has 0 N–H and O–H groups in total. The Bertz CT molecular complexity index is 1020. The minimum absolute atomic E-state index is 0.0790. The number of thioether (sulfide) groups is 1. The van der Waals surface area contributed by atoms with Gasteiger partial charge in [-0.25, -0.2) is 4.98 Å². The molecule has 0 spiro atoms. The summed E-state index contributed by atoms with van der Waals surface area (Å²) < 4.78 is 0. The standard InChI is InChI=1S/C20H15N3O2S2/c21-11-17-16(19-2-1-9-26-19)10-18(14-5-6-14)22-20(17)27-12-13-3-7-15(8-4-13)23(24)25/h1-4,7-10,14H,5-6,12H2. The summed E-state index contributed by atoms with van der Waals surface area (Å²) in [6, 6.07) is 14.9. The van der Waals surface area contributed by atoms with Crippen molar-refractivity contribution >= 4 is 28.8 Å². The zero-order valence-electron chi connectivity index (χ0n) is 14.3. The van der Waals surface area contributed by atoms with Crippen LogP contribution in [0, 0.1) is 21.4 Å². The Morgan fingerprint density at radius 1 is 1.30 bits per heavy atom. The Balaban J connectivity index is 1.65. The van der Waals surface area contributed by atoms with Crippen molar-refractivity contribution in [2.24, 2.45) is 0 Å². The van der Waals surface area contributed by atoms with Gasteiger partial charge in [0, 0.05) is 39.9 Å². The van der Waals surface area contributed by atoms with Crippen molar-refractivity contribution in [1.82, 2.24) is 4.98 Å². The fourth-order valence-corrected chi connectivity index (χ4v) is 4.55. The van der Waals surface area contributed by atoms with Crippen LogP contribution in [-0.2, 0) is 5.75 Å². The van der Waals surface area contributed by atoms with Crippen molar-refractivity contribution in [2.45, 2.75) is 29.5 Å². The zero-order chi connectivity index (χ0) is 18.8. The molecule has 0 radical (unpaired) electrons. The quantitative estimate of drug-likeness (QED) is 0.302. The van der Waals surface area contributed by atoms with Crippen LogP contribution in [0.1, 0.15) is 35.6 Å². The van der Waals surface area contributed by atoms with E-state index in [-0.39, 0.29) is 5.69 Å². The van der Waals surface area contributed by atoms with Crippen LogP contribution in [0.2, 0.25) is 0 Å². The third kappa shape index (κ3) is 3.87. The number of benzene rings is 1. The summed E-state index contributed by atoms with van der Waals surface area (Å²) in [6.07, 6.45) is 2.30. The Morgan fingerprint density at radius 3 is 2.67 bits per heavy atom. The van der Waals surface area contributed by atoms with Gasteiger partial charge in [-0.1, -0.05) is 18.2 Å². The molecule has 134 valence electrons. The second kappa shape index (κ2) is 7.51. The first-order valence-electron chi connectivity index (χ1n) is 8.50. The van der Waals surface area contributed by atoms with E-state index in [1.807, 2.05) is 17.5 Å². The first kappa shape index (κ1) is 17.7. The normalized spacial score (nSPS) is 13.3. The van der Waals surface area contributed by atoms with Crippen LogP contribution in [0.4, 0.5) is 5.69 Å². The topological polar surface area (TPSA) is 79.8 Å². The van der Waals surface area contributed by atoms with E-state index in [1.165, 1.54) is 23.9 Å². The van der Waals surface area contributed by atoms with Crippen LogP contribution in [0.5, 0.6) is 0 Å². The minimum Gasteiger partial charge on any atom is -0.258 e. The van der Waals surface area contributed by atoms with E-state index in [0.29, 0.717) is 17.2 Å². The summed E-state index contributed by atoms with van der Waals surface area (Å²) in [5.41, 5.74) is 3.66. The first-order chi connectivity index (χ1) is 13.2. The van der Waals surface area contributed by atoms with Crippen molar-refractivity contribution in [2.75, 3.05) is 0 Å². The van der Waals surface area contributed by atoms with Crippen LogP contribution in [0.3, 0.4) is 0 Å². The molecule has 4 rings (SSSR count). The number of hydrogen-bond acceptors (Lipinski definition) is 6. The fraction of sp³-hybridized carbons (Fsp3) is 0.200. The van der Waals surface area contributed by atoms with Gasteiger partial charge < -0.3 is 0 Å². The molecular weight excluding hydrogens is 378 g/mol. The lowest BCUT2D eigenvalue weighted by molar-refractivity contribution is -0.384. The van der Waals surface area contributed by atoms with E-state index in [1.54, 1.807) is 23.5 Å². The molecule has 1 fully saturated rings. The lowest BCUT2D eigenvalue weighted by atomic mass is 10.1. The van der Waals surface area contributed by atoms with Crippen molar-refractivity contribution in [3.05, 3.63) is 74.8 Å². The third-order valence-corrected chi connectivity index (χ3v) is 6.37. The van der Waals surface area contributed by atoms with Gasteiger partial charge in [0.15, 0.2) is 0 Å². The molecule has 27 heavy (non-hydrogen) atoms. The molecule has 5 nitrogen and oxygen atoms in total. The van der Waals surface area contributed by atoms with Crippen molar-refractivity contribution in [3.8, 4) is 16.5 Å². The van der Waals surface area contributed by atoms with Gasteiger partial charge in [-0.2, -0.15) is 5.26 Å². The summed E-state index contributed by atoms with van der Waals surface area (Å²) in [5.74, 6) is 1.10. The van der Waals surface area contributed by atoms with E-state index in [0.717, 1.165) is 39.6 Å². The van der Waals surface area contributed by atoms with Gasteiger partial charge in [-0.15, -0.1) is 23.1 Å². The van der Waals surface area contributed by atoms with Crippen molar-refractivity contribution in [3.63, 3.8) is 0 Å². The molecule has 1 saturated carbocycles. The number of rotatable bonds is 6. The van der Waals surface area contributed by atoms with E-state index in [9.17, 15) is 15.4 Å². The molecule has 1 aliphatic rings. The van der Waals surface area contributed by atoms with Crippen LogP contribution in [0.15, 0.2) is 52.9 Å². The molecule has 2 heterocycles. The van der Waals surface area contributed by atoms with Gasteiger partial charge in [-0.3, -0.25) is 10.1 Å². The number of nitro groups is 1. The highest BCUT2D eigenvalue weighted by molar-refractivity contribution is 7.98. The number of thiophene rings is 1. The van der Waals surface area contributed by atoms with Gasteiger partial charge in [0.25, 0.3) is 5.69 Å². The van der Waals surface area contributed by atoms with Gasteiger partial charge in [-0.05, 0) is 35.9 Å². The van der Waals surface area contributed by atoms with Gasteiger partial charge in [0.2, 0.25) is 0 Å². The van der Waals surface area contributed by atoms with Crippen molar-refractivity contribution in [1.29, 1.82) is 5.26 Å². The molecule has 0 aliphatic heterocycles. The number of nitriles is 1. The van der Waals surface area contributed by atoms with Crippen LogP contribution in [-0.4, -0.2) is 9.91 Å². The van der Waals surface area contributed by atoms with E-state index >= 15 is 0 Å². The van der Waals surface area contributed by atoms with Gasteiger partial charge in [0.05, 0.1) is 10.5 Å². The molecule has 1 aromatic carbocycles. The largest absolute Gasteiger partial charge is 0.269 e. The highest BCUT2D eigenvalue weighted by atomic mass is 32.2. The lowest BCUT2D eigenvalue weighted by Crippen LogP contribution is -1.97. The first-order valence-corrected chi connectivity index (χ1v) is 10.4. The molecule has 0 saturated heterocycles. The maximum absolute atomic E-state index is 10.8. The molecule has 0 amide bonds. The Labute approximate surface area is 164 Å². The number of aromatic nitrogens is 1. The maximum atomic E-state index is 10.8. The maximum Gasteiger partial charge on any atom is 0.269 e. The second-order valence-electron chi connectivity index (χ2n) is 6.35. The number of non-ortho nitro benzene ring substituents is 1. The monoisotopic (exact) mass is 393 g/mol. The van der Waals surface area contributed by atoms with Gasteiger partial charge >= 0.3 is 0 Å². The third-order valence-electron chi connectivity index (χ3n) is 4.42. The van der Waals surface area contributed by atoms with E-state index in [4.69, 9.17) is 4.98 Å². The fourth-order valence-electron chi connectivity index (χ4n) is 2.83. The molecular formula is C20H15N3O2S2. The zero-order valence-corrected chi connectivity index (χ0v) is 15.9. The summed E-state index contributed by atoms with van der Waals surface area (Å²) in [5, 5.41) is 23.3. The number of nitro benzene ring substituents is 1. The number of nitrogens with zero attached hydrogens (tertiary/aromatic N) is 3. The molecule has 0 unspecified atom stereocenters. The molecule has 1 aliphatic carbocycles. The van der Waals surface area contributed by atoms with Crippen LogP contribution >= 0.6 is 23.1 Å². The molecule has 0 bridgehead atoms. The summed E-state index contributed by atoms with van der Waals surface area (Å²) in [4.78, 5) is 16.2. The lowest BCUT2D eigenvalue weighted by Gasteiger charge is -2.11. The smallest absolute Gasteiger partial charge is 0.258 e. The molecule has 3 aromatic rings. The predicted molar refractivity (Wildman–Crippen MR) is 107 cm³/mol. The van der Waals surface area contributed by atoms with Crippen molar-refractivity contribution < 1.29 is 4.92 Å². The van der Waals surface area contributed by atoms with E-state index < -0.39 is 4.92 Å². The number of hydrogen-bond donors (Lipinski definition) is 0. The summed E-state index contributed by atoms with van der Waals surface area (Å²) >= 11 is 3.13. The van der Waals surface area contributed by atoms with E-state index in [2.05, 4.69) is 12.1 Å². The molecule has 7 heteroatoms. The Kier molecular flexibility index (Phi) is 4.92. The minimum atomic E-state index is -0.404. The predicted octanol–water partition coefficient (Wildman–Crippen LogP) is 5.76. The highest BCUT2D eigenvalue weighted by Gasteiger charge is 2.27. The summed E-state index contributed by atoms with van der Waals surface area (Å²) in [6.45, 7) is 0.